The minimum Gasteiger partial charge on any atom is -0.469 e. The molecule has 0 bridgehead atoms. The number of methoxy groups -OCH3 is 1. The van der Waals surface area contributed by atoms with Crippen LogP contribution in [-0.4, -0.2) is 31.6 Å². The van der Waals surface area contributed by atoms with Gasteiger partial charge in [-0.05, 0) is 26.1 Å². The number of para-hydroxylation sites is 1. The van der Waals surface area contributed by atoms with Gasteiger partial charge in [-0.25, -0.2) is 0 Å². The number of carbonyl (C=O) groups excluding carboxylic acids is 1. The number of rotatable bonds is 6. The van der Waals surface area contributed by atoms with Crippen molar-refractivity contribution >= 4 is 16.9 Å². The van der Waals surface area contributed by atoms with E-state index in [4.69, 9.17) is 4.42 Å². The Balaban J connectivity index is 1.88. The lowest BCUT2D eigenvalue weighted by Crippen LogP contribution is -2.19. The Morgan fingerprint density at radius 3 is 2.95 bits per heavy atom. The summed E-state index contributed by atoms with van der Waals surface area (Å²) in [7, 11) is 3.46. The summed E-state index contributed by atoms with van der Waals surface area (Å²) in [5.74, 6) is -0.151. The van der Waals surface area contributed by atoms with E-state index in [-0.39, 0.29) is 5.97 Å². The summed E-state index contributed by atoms with van der Waals surface area (Å²) >= 11 is 0. The first-order valence-corrected chi connectivity index (χ1v) is 6.41. The van der Waals surface area contributed by atoms with Crippen molar-refractivity contribution in [1.82, 2.24) is 4.90 Å². The van der Waals surface area contributed by atoms with Gasteiger partial charge < -0.3 is 14.1 Å². The van der Waals surface area contributed by atoms with Crippen molar-refractivity contribution in [3.63, 3.8) is 0 Å². The van der Waals surface area contributed by atoms with Crippen LogP contribution in [0.3, 0.4) is 0 Å². The third-order valence-corrected chi connectivity index (χ3v) is 3.15. The highest BCUT2D eigenvalue weighted by molar-refractivity contribution is 5.80. The topological polar surface area (TPSA) is 42.7 Å². The zero-order chi connectivity index (χ0) is 13.7. The van der Waals surface area contributed by atoms with Crippen LogP contribution in [0.15, 0.2) is 34.9 Å². The number of furan rings is 1. The van der Waals surface area contributed by atoms with E-state index in [0.29, 0.717) is 6.42 Å². The van der Waals surface area contributed by atoms with Crippen molar-refractivity contribution < 1.29 is 13.9 Å². The van der Waals surface area contributed by atoms with Gasteiger partial charge in [0.05, 0.1) is 13.4 Å². The predicted molar refractivity (Wildman–Crippen MR) is 73.8 cm³/mol. The molecule has 0 aliphatic heterocycles. The van der Waals surface area contributed by atoms with Crippen LogP contribution in [0.2, 0.25) is 0 Å². The standard InChI is InChI=1S/C15H19NO3/c1-16(9-5-8-15(17)18-2)10-12-11-19-14-7-4-3-6-13(12)14/h3-4,6-7,11H,5,8-10H2,1-2H3. The maximum atomic E-state index is 11.0. The van der Waals surface area contributed by atoms with Crippen LogP contribution in [0.5, 0.6) is 0 Å². The smallest absolute Gasteiger partial charge is 0.305 e. The minimum absolute atomic E-state index is 0.151. The van der Waals surface area contributed by atoms with Gasteiger partial charge in [-0.1, -0.05) is 18.2 Å². The number of fused-ring (bicyclic) bond motifs is 1. The molecule has 2 aromatic rings. The molecule has 0 radical (unpaired) electrons. The molecule has 1 aromatic carbocycles. The van der Waals surface area contributed by atoms with E-state index >= 15 is 0 Å². The minimum atomic E-state index is -0.151. The molecule has 0 saturated carbocycles. The summed E-state index contributed by atoms with van der Waals surface area (Å²) in [6, 6.07) is 8.01. The fourth-order valence-corrected chi connectivity index (χ4v) is 2.12. The van der Waals surface area contributed by atoms with Gasteiger partial charge in [0, 0.05) is 23.9 Å². The van der Waals surface area contributed by atoms with Crippen molar-refractivity contribution in [2.24, 2.45) is 0 Å². The van der Waals surface area contributed by atoms with E-state index in [0.717, 1.165) is 30.5 Å². The van der Waals surface area contributed by atoms with Crippen LogP contribution in [0.25, 0.3) is 11.0 Å². The van der Waals surface area contributed by atoms with Crippen LogP contribution in [0, 0.1) is 0 Å². The molecule has 1 heterocycles. The van der Waals surface area contributed by atoms with Crippen molar-refractivity contribution in [3.8, 4) is 0 Å². The Morgan fingerprint density at radius 1 is 1.37 bits per heavy atom. The Morgan fingerprint density at radius 2 is 2.16 bits per heavy atom. The average Bonchev–Trinajstić information content (AvgIpc) is 2.82. The monoisotopic (exact) mass is 261 g/mol. The Kier molecular flexibility index (Phi) is 4.58. The molecule has 0 aliphatic rings. The van der Waals surface area contributed by atoms with Crippen LogP contribution < -0.4 is 0 Å². The lowest BCUT2D eigenvalue weighted by Gasteiger charge is -2.15. The molecule has 4 heteroatoms. The molecular weight excluding hydrogens is 242 g/mol. The Hall–Kier alpha value is -1.81. The van der Waals surface area contributed by atoms with Crippen molar-refractivity contribution in [3.05, 3.63) is 36.1 Å². The SMILES string of the molecule is COC(=O)CCCN(C)Cc1coc2ccccc12. The molecule has 0 fully saturated rings. The Labute approximate surface area is 112 Å². The molecule has 4 nitrogen and oxygen atoms in total. The average molecular weight is 261 g/mol. The highest BCUT2D eigenvalue weighted by atomic mass is 16.5. The molecule has 0 spiro atoms. The molecule has 0 saturated heterocycles. The van der Waals surface area contributed by atoms with E-state index in [1.807, 2.05) is 31.5 Å². The summed E-state index contributed by atoms with van der Waals surface area (Å²) in [6.45, 7) is 1.67. The van der Waals surface area contributed by atoms with Gasteiger partial charge in [-0.3, -0.25) is 4.79 Å². The first kappa shape index (κ1) is 13.6. The zero-order valence-electron chi connectivity index (χ0n) is 11.4. The maximum absolute atomic E-state index is 11.0. The largest absolute Gasteiger partial charge is 0.469 e. The number of nitrogens with zero attached hydrogens (tertiary/aromatic N) is 1. The van der Waals surface area contributed by atoms with Gasteiger partial charge in [0.25, 0.3) is 0 Å². The molecule has 1 aromatic heterocycles. The summed E-state index contributed by atoms with van der Waals surface area (Å²) in [5.41, 5.74) is 2.09. The highest BCUT2D eigenvalue weighted by Gasteiger charge is 2.08. The third-order valence-electron chi connectivity index (χ3n) is 3.15. The molecular formula is C15H19NO3. The number of carbonyl (C=O) groups is 1. The van der Waals surface area contributed by atoms with Gasteiger partial charge in [-0.15, -0.1) is 0 Å². The zero-order valence-corrected chi connectivity index (χ0v) is 11.4. The normalized spacial score (nSPS) is 11.1. The Bertz CT molecular complexity index is 547. The second-order valence-corrected chi connectivity index (χ2v) is 4.67. The van der Waals surface area contributed by atoms with Crippen LogP contribution in [0.4, 0.5) is 0 Å². The number of benzene rings is 1. The summed E-state index contributed by atoms with van der Waals surface area (Å²) < 4.78 is 10.1. The van der Waals surface area contributed by atoms with Crippen LogP contribution in [0.1, 0.15) is 18.4 Å². The fraction of sp³-hybridized carbons (Fsp3) is 0.400. The number of ether oxygens (including phenoxy) is 1. The van der Waals surface area contributed by atoms with Gasteiger partial charge >= 0.3 is 5.97 Å². The highest BCUT2D eigenvalue weighted by Crippen LogP contribution is 2.21. The van der Waals surface area contributed by atoms with E-state index < -0.39 is 0 Å². The number of esters is 1. The molecule has 0 aliphatic carbocycles. The summed E-state index contributed by atoms with van der Waals surface area (Å²) in [5, 5.41) is 1.15. The van der Waals surface area contributed by atoms with Crippen LogP contribution in [-0.2, 0) is 16.1 Å². The molecule has 0 atom stereocenters. The predicted octanol–water partition coefficient (Wildman–Crippen LogP) is 2.82. The van der Waals surface area contributed by atoms with Gasteiger partial charge in [0.1, 0.15) is 5.58 Å². The summed E-state index contributed by atoms with van der Waals surface area (Å²) in [4.78, 5) is 13.2. The molecule has 0 unspecified atom stereocenters. The van der Waals surface area contributed by atoms with Gasteiger partial charge in [0.2, 0.25) is 0 Å². The van der Waals surface area contributed by atoms with Crippen molar-refractivity contribution in [1.29, 1.82) is 0 Å². The second kappa shape index (κ2) is 6.38. The lowest BCUT2D eigenvalue weighted by molar-refractivity contribution is -0.140. The van der Waals surface area contributed by atoms with E-state index in [2.05, 4.69) is 15.7 Å². The molecule has 0 N–H and O–H groups in total. The van der Waals surface area contributed by atoms with Crippen molar-refractivity contribution in [2.75, 3.05) is 20.7 Å². The number of hydrogen-bond donors (Lipinski definition) is 0. The van der Waals surface area contributed by atoms with Gasteiger partial charge in [0.15, 0.2) is 0 Å². The van der Waals surface area contributed by atoms with Gasteiger partial charge in [-0.2, -0.15) is 0 Å². The molecule has 2 rings (SSSR count). The maximum Gasteiger partial charge on any atom is 0.305 e. The first-order valence-electron chi connectivity index (χ1n) is 6.41. The van der Waals surface area contributed by atoms with E-state index in [9.17, 15) is 4.79 Å². The first-order chi connectivity index (χ1) is 9.20. The van der Waals surface area contributed by atoms with E-state index in [1.54, 1.807) is 0 Å². The quantitative estimate of drug-likeness (QED) is 0.750. The molecule has 0 amide bonds. The third kappa shape index (κ3) is 3.58. The molecule has 102 valence electrons. The lowest BCUT2D eigenvalue weighted by atomic mass is 10.1. The van der Waals surface area contributed by atoms with Crippen LogP contribution >= 0.6 is 0 Å². The second-order valence-electron chi connectivity index (χ2n) is 4.67. The van der Waals surface area contributed by atoms with E-state index in [1.165, 1.54) is 12.7 Å². The fourth-order valence-electron chi connectivity index (χ4n) is 2.12. The number of hydrogen-bond acceptors (Lipinski definition) is 4. The summed E-state index contributed by atoms with van der Waals surface area (Å²) in [6.07, 6.45) is 3.08. The van der Waals surface area contributed by atoms with Crippen molar-refractivity contribution in [2.45, 2.75) is 19.4 Å². The molecule has 19 heavy (non-hydrogen) atoms.